The minimum Gasteiger partial charge on any atom is -0.477 e. The van der Waals surface area contributed by atoms with Gasteiger partial charge in [0.05, 0.1) is 12.8 Å². The van der Waals surface area contributed by atoms with Crippen molar-refractivity contribution in [3.63, 3.8) is 0 Å². The zero-order valence-electron chi connectivity index (χ0n) is 12.5. The van der Waals surface area contributed by atoms with Crippen LogP contribution in [0.4, 0.5) is 0 Å². The summed E-state index contributed by atoms with van der Waals surface area (Å²) in [7, 11) is 0. The van der Waals surface area contributed by atoms with E-state index in [-0.39, 0.29) is 32.3 Å². The Morgan fingerprint density at radius 3 is 2.61 bits per heavy atom. The highest BCUT2D eigenvalue weighted by molar-refractivity contribution is 5.91. The Labute approximate surface area is 133 Å². The van der Waals surface area contributed by atoms with Gasteiger partial charge in [0.25, 0.3) is 0 Å². The molecule has 2 amide bonds. The predicted octanol–water partition coefficient (Wildman–Crippen LogP) is 1.21. The van der Waals surface area contributed by atoms with E-state index in [1.54, 1.807) is 24.3 Å². The zero-order chi connectivity index (χ0) is 16.9. The van der Waals surface area contributed by atoms with Crippen LogP contribution in [-0.4, -0.2) is 39.9 Å². The molecule has 0 aliphatic carbocycles. The lowest BCUT2D eigenvalue weighted by molar-refractivity contribution is -0.991. The number of quaternary nitrogens is 1. The van der Waals surface area contributed by atoms with Gasteiger partial charge in [-0.25, -0.2) is 14.4 Å². The van der Waals surface area contributed by atoms with Gasteiger partial charge >= 0.3 is 17.8 Å². The molecule has 2 rings (SSSR count). The Morgan fingerprint density at radius 2 is 2.00 bits per heavy atom. The van der Waals surface area contributed by atoms with Crippen molar-refractivity contribution >= 4 is 24.1 Å². The molecule has 2 atom stereocenters. The number of carboxylic acid groups (broad SMARTS) is 1. The summed E-state index contributed by atoms with van der Waals surface area (Å²) < 4.78 is -1.17. The Hall–Kier alpha value is -2.38. The quantitative estimate of drug-likeness (QED) is 0.599. The van der Waals surface area contributed by atoms with Crippen molar-refractivity contribution < 1.29 is 33.8 Å². The van der Waals surface area contributed by atoms with Gasteiger partial charge in [0.15, 0.2) is 0 Å². The van der Waals surface area contributed by atoms with E-state index in [2.05, 4.69) is 0 Å². The van der Waals surface area contributed by atoms with Crippen LogP contribution in [0.3, 0.4) is 0 Å². The van der Waals surface area contributed by atoms with E-state index in [0.717, 1.165) is 5.56 Å². The molecule has 1 N–H and O–H groups in total. The summed E-state index contributed by atoms with van der Waals surface area (Å²) in [5.74, 6) is -2.53. The van der Waals surface area contributed by atoms with Gasteiger partial charge in [0.1, 0.15) is 12.9 Å². The number of amides is 2. The molecule has 0 bridgehead atoms. The smallest absolute Gasteiger partial charge is 0.366 e. The van der Waals surface area contributed by atoms with E-state index in [0.29, 0.717) is 6.29 Å². The third-order valence-electron chi connectivity index (χ3n) is 3.85. The Balaban J connectivity index is 2.30. The monoisotopic (exact) mass is 320 g/mol. The first-order valence-electron chi connectivity index (χ1n) is 7.32. The lowest BCUT2D eigenvalue weighted by Gasteiger charge is -2.29. The molecule has 7 heteroatoms. The molecule has 23 heavy (non-hydrogen) atoms. The summed E-state index contributed by atoms with van der Waals surface area (Å²) in [5, 5.41) is 9.37. The fourth-order valence-corrected chi connectivity index (χ4v) is 2.71. The first-order chi connectivity index (χ1) is 11.0. The van der Waals surface area contributed by atoms with Crippen molar-refractivity contribution in [1.29, 1.82) is 0 Å². The molecule has 1 aromatic carbocycles. The Morgan fingerprint density at radius 1 is 1.30 bits per heavy atom. The third kappa shape index (κ3) is 3.35. The standard InChI is InChI=1S/C16H17NO6/c18-10-4-7-14(19)17(13(16(21)22)8-9-15(17)20)23-11-12-5-2-1-3-6-12/h1-3,5-6,10,13H,4,7-9,11H2/p+1/t13-,17?/m0/s1. The highest BCUT2D eigenvalue weighted by Gasteiger charge is 2.61. The number of hydroxylamine groups is 3. The largest absolute Gasteiger partial charge is 0.477 e. The first kappa shape index (κ1) is 17.0. The van der Waals surface area contributed by atoms with Crippen LogP contribution in [0.1, 0.15) is 31.2 Å². The van der Waals surface area contributed by atoms with Crippen molar-refractivity contribution in [1.82, 2.24) is 0 Å². The molecule has 0 spiro atoms. The average molecular weight is 320 g/mol. The van der Waals surface area contributed by atoms with Crippen molar-refractivity contribution in [2.45, 2.75) is 38.3 Å². The molecule has 1 aromatic rings. The van der Waals surface area contributed by atoms with Gasteiger partial charge in [-0.05, 0) is 10.2 Å². The van der Waals surface area contributed by atoms with Crippen LogP contribution in [0.2, 0.25) is 0 Å². The topological polar surface area (TPSA) is 97.7 Å². The molecular weight excluding hydrogens is 302 g/mol. The minimum atomic E-state index is -1.27. The molecule has 1 unspecified atom stereocenters. The van der Waals surface area contributed by atoms with Crippen LogP contribution >= 0.6 is 0 Å². The molecule has 1 heterocycles. The van der Waals surface area contributed by atoms with E-state index in [1.807, 2.05) is 6.07 Å². The maximum absolute atomic E-state index is 12.5. The summed E-state index contributed by atoms with van der Waals surface area (Å²) in [4.78, 5) is 52.3. The Kier molecular flexibility index (Phi) is 5.36. The van der Waals surface area contributed by atoms with Gasteiger partial charge in [-0.3, -0.25) is 0 Å². The second-order valence-electron chi connectivity index (χ2n) is 5.30. The predicted molar refractivity (Wildman–Crippen MR) is 77.5 cm³/mol. The molecule has 1 aliphatic rings. The number of imide groups is 1. The molecule has 1 aliphatic heterocycles. The van der Waals surface area contributed by atoms with Crippen LogP contribution in [0, 0.1) is 0 Å². The van der Waals surface area contributed by atoms with Crippen molar-refractivity contribution in [2.24, 2.45) is 0 Å². The molecule has 1 saturated heterocycles. The number of nitrogens with zero attached hydrogens (tertiary/aromatic N) is 1. The number of benzene rings is 1. The summed E-state index contributed by atoms with van der Waals surface area (Å²) in [6, 6.07) is 7.59. The molecule has 0 saturated carbocycles. The third-order valence-corrected chi connectivity index (χ3v) is 3.85. The second kappa shape index (κ2) is 7.26. The number of aldehydes is 1. The average Bonchev–Trinajstić information content (AvgIpc) is 2.89. The number of aliphatic carboxylic acids is 1. The van der Waals surface area contributed by atoms with Crippen molar-refractivity contribution in [2.75, 3.05) is 0 Å². The van der Waals surface area contributed by atoms with Crippen LogP contribution < -0.4 is 0 Å². The van der Waals surface area contributed by atoms with E-state index in [4.69, 9.17) is 4.84 Å². The summed E-state index contributed by atoms with van der Waals surface area (Å²) >= 11 is 0. The molecule has 122 valence electrons. The van der Waals surface area contributed by atoms with E-state index < -0.39 is 28.5 Å². The van der Waals surface area contributed by atoms with Crippen molar-refractivity contribution in [3.8, 4) is 0 Å². The van der Waals surface area contributed by atoms with Crippen LogP contribution in [0.15, 0.2) is 30.3 Å². The molecule has 1 fully saturated rings. The second-order valence-corrected chi connectivity index (χ2v) is 5.30. The maximum Gasteiger partial charge on any atom is 0.366 e. The first-order valence-corrected chi connectivity index (χ1v) is 7.32. The number of rotatable bonds is 7. The number of hydrogen-bond acceptors (Lipinski definition) is 5. The van der Waals surface area contributed by atoms with Crippen molar-refractivity contribution in [3.05, 3.63) is 35.9 Å². The van der Waals surface area contributed by atoms with E-state index in [9.17, 15) is 24.3 Å². The van der Waals surface area contributed by atoms with Crippen LogP contribution in [-0.2, 0) is 30.6 Å². The van der Waals surface area contributed by atoms with E-state index >= 15 is 0 Å². The number of carboxylic acids is 1. The fraction of sp³-hybridized carbons (Fsp3) is 0.375. The minimum absolute atomic E-state index is 0.0375. The van der Waals surface area contributed by atoms with Crippen LogP contribution in [0.5, 0.6) is 0 Å². The summed E-state index contributed by atoms with van der Waals surface area (Å²) in [6.45, 7) is -0.0663. The molecule has 0 aromatic heterocycles. The lowest BCUT2D eigenvalue weighted by Crippen LogP contribution is -2.60. The summed E-state index contributed by atoms with van der Waals surface area (Å²) in [6.07, 6.45) is 0.247. The van der Waals surface area contributed by atoms with Gasteiger partial charge in [-0.1, -0.05) is 30.3 Å². The maximum atomic E-state index is 12.5. The zero-order valence-corrected chi connectivity index (χ0v) is 12.5. The fourth-order valence-electron chi connectivity index (χ4n) is 2.71. The molecule has 0 radical (unpaired) electrons. The van der Waals surface area contributed by atoms with Gasteiger partial charge < -0.3 is 9.90 Å². The normalized spacial score (nSPS) is 23.7. The van der Waals surface area contributed by atoms with Gasteiger partial charge in [0.2, 0.25) is 6.04 Å². The van der Waals surface area contributed by atoms with E-state index in [1.165, 1.54) is 0 Å². The van der Waals surface area contributed by atoms with Gasteiger partial charge in [-0.2, -0.15) is 4.84 Å². The lowest BCUT2D eigenvalue weighted by atomic mass is 10.2. The number of likely N-dealkylation sites (tertiary alicyclic amines) is 1. The highest BCUT2D eigenvalue weighted by Crippen LogP contribution is 2.32. The van der Waals surface area contributed by atoms with Crippen LogP contribution in [0.25, 0.3) is 0 Å². The summed E-state index contributed by atoms with van der Waals surface area (Å²) in [5.41, 5.74) is 0.719. The number of hydrogen-bond donors (Lipinski definition) is 1. The number of carbonyl (C=O) groups is 4. The highest BCUT2D eigenvalue weighted by atomic mass is 16.7. The Bertz CT molecular complexity index is 614. The van der Waals surface area contributed by atoms with Gasteiger partial charge in [0, 0.05) is 12.8 Å². The SMILES string of the molecule is O=CCCC(=O)[N+]1(OCc2ccccc2)C(=O)CC[C@H]1C(=O)O. The molecular formula is C16H18NO6+. The number of carbonyl (C=O) groups excluding carboxylic acids is 3. The van der Waals surface area contributed by atoms with Gasteiger partial charge in [-0.15, -0.1) is 0 Å². The molecule has 7 nitrogen and oxygen atoms in total.